The Morgan fingerprint density at radius 2 is 1.45 bits per heavy atom. The zero-order valence-corrected chi connectivity index (χ0v) is 16.8. The van der Waals surface area contributed by atoms with Crippen molar-refractivity contribution < 1.29 is 24.1 Å². The van der Waals surface area contributed by atoms with E-state index in [-0.39, 0.29) is 18.0 Å². The Morgan fingerprint density at radius 3 is 2.07 bits per heavy atom. The summed E-state index contributed by atoms with van der Waals surface area (Å²) in [4.78, 5) is 0. The van der Waals surface area contributed by atoms with Gasteiger partial charge in [0.25, 0.3) is 0 Å². The van der Waals surface area contributed by atoms with Gasteiger partial charge >= 0.3 is 0 Å². The van der Waals surface area contributed by atoms with E-state index in [1.807, 2.05) is 12.1 Å². The van der Waals surface area contributed by atoms with Gasteiger partial charge in [0, 0.05) is 0 Å². The first-order chi connectivity index (χ1) is 14.0. The Kier molecular flexibility index (Phi) is 6.07. The summed E-state index contributed by atoms with van der Waals surface area (Å²) < 4.78 is 25.2. The average Bonchev–Trinajstić information content (AvgIpc) is 2.72. The molecule has 0 bridgehead atoms. The number of ether oxygens (including phenoxy) is 2. The van der Waals surface area contributed by atoms with E-state index in [0.29, 0.717) is 37.9 Å². The average molecular weight is 400 g/mol. The van der Waals surface area contributed by atoms with E-state index in [1.54, 1.807) is 6.07 Å². The van der Waals surface area contributed by atoms with Crippen LogP contribution >= 0.6 is 0 Å². The van der Waals surface area contributed by atoms with E-state index in [9.17, 15) is 14.6 Å². The number of benzene rings is 2. The highest BCUT2D eigenvalue weighted by Gasteiger charge is 2.29. The second kappa shape index (κ2) is 8.72. The predicted octanol–water partition coefficient (Wildman–Crippen LogP) is 4.11. The molecule has 2 N–H and O–H groups in total. The molecule has 0 saturated carbocycles. The lowest BCUT2D eigenvalue weighted by Crippen LogP contribution is -2.36. The molecular formula is C24H29FO4. The third-order valence-corrected chi connectivity index (χ3v) is 6.05. The summed E-state index contributed by atoms with van der Waals surface area (Å²) in [7, 11) is 0. The first kappa shape index (κ1) is 20.2. The Balaban J connectivity index is 1.24. The highest BCUT2D eigenvalue weighted by Crippen LogP contribution is 2.32. The molecule has 29 heavy (non-hydrogen) atoms. The van der Waals surface area contributed by atoms with Gasteiger partial charge in [-0.15, -0.1) is 0 Å². The fourth-order valence-electron chi connectivity index (χ4n) is 4.37. The molecule has 2 aromatic rings. The summed E-state index contributed by atoms with van der Waals surface area (Å²) >= 11 is 0. The van der Waals surface area contributed by atoms with Crippen molar-refractivity contribution in [3.8, 4) is 11.5 Å². The number of aliphatic hydroxyl groups is 2. The number of aryl methyl sites for hydroxylation is 3. The topological polar surface area (TPSA) is 58.9 Å². The summed E-state index contributed by atoms with van der Waals surface area (Å²) in [6.45, 7) is 2.07. The van der Waals surface area contributed by atoms with E-state index in [0.717, 1.165) is 24.2 Å². The molecule has 2 aromatic carbocycles. The van der Waals surface area contributed by atoms with E-state index >= 15 is 0 Å². The molecule has 0 fully saturated rings. The van der Waals surface area contributed by atoms with E-state index in [4.69, 9.17) is 9.47 Å². The molecule has 2 aliphatic rings. The van der Waals surface area contributed by atoms with Gasteiger partial charge in [-0.25, -0.2) is 4.39 Å². The minimum Gasteiger partial charge on any atom is -0.487 e. The van der Waals surface area contributed by atoms with Gasteiger partial charge < -0.3 is 19.7 Å². The molecule has 4 nitrogen and oxygen atoms in total. The normalized spacial score (nSPS) is 22.6. The SMILES string of the molecule is Cc1ccc2c(c1)CC[C@H]([C@H](O)CCC[C@@H](O)[C@@H]1CCc3cc(F)ccc3O1)O2. The molecule has 0 aliphatic carbocycles. The molecule has 5 heteroatoms. The lowest BCUT2D eigenvalue weighted by molar-refractivity contribution is 0.00136. The maximum absolute atomic E-state index is 13.3. The molecule has 0 radical (unpaired) electrons. The predicted molar refractivity (Wildman–Crippen MR) is 109 cm³/mol. The fourth-order valence-corrected chi connectivity index (χ4v) is 4.37. The number of fused-ring (bicyclic) bond motifs is 2. The highest BCUT2D eigenvalue weighted by molar-refractivity contribution is 5.38. The number of rotatable bonds is 6. The Bertz CT molecular complexity index is 783. The molecule has 156 valence electrons. The van der Waals surface area contributed by atoms with Crippen molar-refractivity contribution in [1.82, 2.24) is 0 Å². The van der Waals surface area contributed by atoms with Crippen LogP contribution in [0.25, 0.3) is 0 Å². The molecule has 4 atom stereocenters. The van der Waals surface area contributed by atoms with Crippen LogP contribution in [0.4, 0.5) is 4.39 Å². The van der Waals surface area contributed by atoms with Crippen molar-refractivity contribution in [2.24, 2.45) is 0 Å². The van der Waals surface area contributed by atoms with Gasteiger partial charge in [-0.3, -0.25) is 0 Å². The first-order valence-corrected chi connectivity index (χ1v) is 10.6. The van der Waals surface area contributed by atoms with Gasteiger partial charge in [0.1, 0.15) is 29.5 Å². The molecule has 0 spiro atoms. The fraction of sp³-hybridized carbons (Fsp3) is 0.500. The molecule has 0 saturated heterocycles. The van der Waals surface area contributed by atoms with Crippen LogP contribution in [0.3, 0.4) is 0 Å². The molecule has 0 unspecified atom stereocenters. The maximum atomic E-state index is 13.3. The van der Waals surface area contributed by atoms with Crippen molar-refractivity contribution in [2.45, 2.75) is 76.3 Å². The molecule has 0 aromatic heterocycles. The number of hydrogen-bond donors (Lipinski definition) is 2. The van der Waals surface area contributed by atoms with Crippen molar-refractivity contribution in [3.63, 3.8) is 0 Å². The second-order valence-electron chi connectivity index (χ2n) is 8.32. The van der Waals surface area contributed by atoms with Crippen molar-refractivity contribution in [2.75, 3.05) is 0 Å². The number of aliphatic hydroxyl groups excluding tert-OH is 2. The Labute approximate surface area is 171 Å². The molecule has 4 rings (SSSR count). The van der Waals surface area contributed by atoms with E-state index in [1.165, 1.54) is 23.3 Å². The van der Waals surface area contributed by atoms with E-state index < -0.39 is 12.2 Å². The van der Waals surface area contributed by atoms with Gasteiger partial charge in [-0.05, 0) is 87.3 Å². The summed E-state index contributed by atoms with van der Waals surface area (Å²) in [6, 6.07) is 10.7. The van der Waals surface area contributed by atoms with Crippen molar-refractivity contribution in [3.05, 3.63) is 58.9 Å². The summed E-state index contributed by atoms with van der Waals surface area (Å²) in [5, 5.41) is 21.1. The lowest BCUT2D eigenvalue weighted by atomic mass is 9.93. The third-order valence-electron chi connectivity index (χ3n) is 6.05. The highest BCUT2D eigenvalue weighted by atomic mass is 19.1. The van der Waals surface area contributed by atoms with Crippen molar-refractivity contribution >= 4 is 0 Å². The summed E-state index contributed by atoms with van der Waals surface area (Å²) in [6.07, 6.45) is 3.28. The van der Waals surface area contributed by atoms with Crippen LogP contribution in [-0.4, -0.2) is 34.6 Å². The van der Waals surface area contributed by atoms with Gasteiger partial charge in [0.15, 0.2) is 0 Å². The van der Waals surface area contributed by atoms with Crippen LogP contribution in [0.5, 0.6) is 11.5 Å². The number of hydrogen-bond acceptors (Lipinski definition) is 4. The van der Waals surface area contributed by atoms with Gasteiger partial charge in [-0.2, -0.15) is 0 Å². The number of halogens is 1. The molecular weight excluding hydrogens is 371 g/mol. The zero-order valence-electron chi connectivity index (χ0n) is 16.8. The van der Waals surface area contributed by atoms with Crippen LogP contribution in [0.15, 0.2) is 36.4 Å². The van der Waals surface area contributed by atoms with Crippen LogP contribution in [0.1, 0.15) is 48.8 Å². The zero-order chi connectivity index (χ0) is 20.4. The Morgan fingerprint density at radius 1 is 0.897 bits per heavy atom. The summed E-state index contributed by atoms with van der Waals surface area (Å²) in [5.74, 6) is 1.27. The van der Waals surface area contributed by atoms with Crippen LogP contribution < -0.4 is 9.47 Å². The minimum absolute atomic E-state index is 0.199. The van der Waals surface area contributed by atoms with Gasteiger partial charge in [0.2, 0.25) is 0 Å². The largest absolute Gasteiger partial charge is 0.487 e. The van der Waals surface area contributed by atoms with Gasteiger partial charge in [0.05, 0.1) is 12.2 Å². The van der Waals surface area contributed by atoms with Crippen molar-refractivity contribution in [1.29, 1.82) is 0 Å². The Hall–Kier alpha value is -2.11. The van der Waals surface area contributed by atoms with Gasteiger partial charge in [-0.1, -0.05) is 17.7 Å². The van der Waals surface area contributed by atoms with Crippen LogP contribution in [0, 0.1) is 12.7 Å². The smallest absolute Gasteiger partial charge is 0.125 e. The third kappa shape index (κ3) is 4.73. The van der Waals surface area contributed by atoms with Crippen LogP contribution in [0.2, 0.25) is 0 Å². The van der Waals surface area contributed by atoms with Crippen LogP contribution in [-0.2, 0) is 12.8 Å². The lowest BCUT2D eigenvalue weighted by Gasteiger charge is -2.31. The van der Waals surface area contributed by atoms with E-state index in [2.05, 4.69) is 13.0 Å². The maximum Gasteiger partial charge on any atom is 0.125 e. The first-order valence-electron chi connectivity index (χ1n) is 10.6. The molecule has 0 amide bonds. The molecule has 2 aliphatic heterocycles. The standard InChI is InChI=1S/C24H29FO4/c1-15-5-9-21-16(13-15)6-10-23(28-21)19(26)3-2-4-20(27)24-11-7-17-14-18(25)8-12-22(17)29-24/h5,8-9,12-14,19-20,23-24,26-27H,2-4,6-7,10-11H2,1H3/t19-,20-,23-,24+/m1/s1. The minimum atomic E-state index is -0.601. The molecule has 2 heterocycles. The monoisotopic (exact) mass is 400 g/mol. The summed E-state index contributed by atoms with van der Waals surface area (Å²) in [5.41, 5.74) is 3.28. The second-order valence-corrected chi connectivity index (χ2v) is 8.32. The quantitative estimate of drug-likeness (QED) is 0.766.